The fourth-order valence-corrected chi connectivity index (χ4v) is 3.65. The van der Waals surface area contributed by atoms with Crippen LogP contribution in [0.15, 0.2) is 47.4 Å². The average molecular weight is 482 g/mol. The number of nitrogens with zero attached hydrogens (tertiary/aromatic N) is 2. The maximum absolute atomic E-state index is 14.2. The van der Waals surface area contributed by atoms with Gasteiger partial charge in [-0.15, -0.1) is 10.2 Å². The van der Waals surface area contributed by atoms with Gasteiger partial charge in [0.1, 0.15) is 5.56 Å². The lowest BCUT2D eigenvalue weighted by molar-refractivity contribution is -0.142. The van der Waals surface area contributed by atoms with Gasteiger partial charge in [0, 0.05) is 16.8 Å². The molecule has 2 N–H and O–H groups in total. The summed E-state index contributed by atoms with van der Waals surface area (Å²) in [6.07, 6.45) is -3.72. The minimum Gasteiger partial charge on any atom is -0.433 e. The van der Waals surface area contributed by atoms with E-state index in [9.17, 15) is 26.6 Å². The Kier molecular flexibility index (Phi) is 6.41. The minimum absolute atomic E-state index is 0.0807. The van der Waals surface area contributed by atoms with Crippen molar-refractivity contribution in [2.75, 3.05) is 11.6 Å². The normalized spacial score (nSPS) is 13.3. The van der Waals surface area contributed by atoms with Crippen LogP contribution in [0.4, 0.5) is 23.2 Å². The van der Waals surface area contributed by atoms with E-state index in [1.54, 1.807) is 0 Å². The van der Waals surface area contributed by atoms with Gasteiger partial charge in [0.15, 0.2) is 17.3 Å². The number of carbonyl (C=O) groups excluding carboxylic acids is 1. The van der Waals surface area contributed by atoms with Crippen molar-refractivity contribution in [1.82, 2.24) is 10.2 Å². The van der Waals surface area contributed by atoms with E-state index in [0.717, 1.165) is 13.0 Å². The molecule has 12 heteroatoms. The summed E-state index contributed by atoms with van der Waals surface area (Å²) >= 11 is 0. The summed E-state index contributed by atoms with van der Waals surface area (Å²) in [5.41, 5.74) is -2.18. The first kappa shape index (κ1) is 24.1. The van der Waals surface area contributed by atoms with Gasteiger partial charge in [0.25, 0.3) is 11.8 Å². The number of aromatic nitrogens is 2. The standard InChI is InChI=1S/C21H18F4N4O3S/c1-11-6-4-9-15(22)17(11)32-20-16(12(2)18(28-29-20)21(23,24)25)19(30)27-13-7-5-8-14(10-13)33(3,26)31/h4-10,26H,1-3H3,(H,27,30). The molecular weight excluding hydrogens is 464 g/mol. The maximum atomic E-state index is 14.2. The number of rotatable bonds is 5. The summed E-state index contributed by atoms with van der Waals surface area (Å²) < 4.78 is 79.5. The van der Waals surface area contributed by atoms with Crippen LogP contribution in [0.25, 0.3) is 0 Å². The number of anilines is 1. The first-order valence-electron chi connectivity index (χ1n) is 9.31. The van der Waals surface area contributed by atoms with E-state index in [4.69, 9.17) is 9.52 Å². The van der Waals surface area contributed by atoms with Crippen molar-refractivity contribution < 1.29 is 31.3 Å². The van der Waals surface area contributed by atoms with Crippen molar-refractivity contribution in [1.29, 1.82) is 4.78 Å². The number of hydrogen-bond donors (Lipinski definition) is 2. The summed E-state index contributed by atoms with van der Waals surface area (Å²) in [5.74, 6) is -2.78. The zero-order valence-corrected chi connectivity index (χ0v) is 18.4. The van der Waals surface area contributed by atoms with Gasteiger partial charge in [0.2, 0.25) is 0 Å². The second-order valence-corrected chi connectivity index (χ2v) is 9.32. The molecule has 0 aliphatic carbocycles. The first-order valence-corrected chi connectivity index (χ1v) is 11.3. The van der Waals surface area contributed by atoms with Gasteiger partial charge in [-0.2, -0.15) is 13.2 Å². The number of ether oxygens (including phenoxy) is 1. The van der Waals surface area contributed by atoms with Crippen molar-refractivity contribution in [3.8, 4) is 11.6 Å². The third-order valence-electron chi connectivity index (χ3n) is 4.58. The topological polar surface area (TPSA) is 105 Å². The Hall–Kier alpha value is -3.54. The lowest BCUT2D eigenvalue weighted by Crippen LogP contribution is -2.21. The number of aryl methyl sites for hydroxylation is 1. The van der Waals surface area contributed by atoms with Crippen molar-refractivity contribution in [3.05, 3.63) is 70.7 Å². The highest BCUT2D eigenvalue weighted by molar-refractivity contribution is 7.91. The van der Waals surface area contributed by atoms with Crippen molar-refractivity contribution in [2.45, 2.75) is 24.9 Å². The zero-order chi connectivity index (χ0) is 24.6. The van der Waals surface area contributed by atoms with Crippen molar-refractivity contribution in [2.24, 2.45) is 0 Å². The van der Waals surface area contributed by atoms with Crippen LogP contribution in [0, 0.1) is 24.4 Å². The molecule has 2 aromatic carbocycles. The van der Waals surface area contributed by atoms with Gasteiger partial charge in [-0.1, -0.05) is 18.2 Å². The summed E-state index contributed by atoms with van der Waals surface area (Å²) in [4.78, 5) is 13.1. The number of alkyl halides is 3. The van der Waals surface area contributed by atoms with Gasteiger partial charge in [-0.25, -0.2) is 13.4 Å². The number of nitrogens with one attached hydrogen (secondary N) is 2. The Balaban J connectivity index is 2.11. The highest BCUT2D eigenvalue weighted by atomic mass is 32.2. The average Bonchev–Trinajstić information content (AvgIpc) is 2.69. The largest absolute Gasteiger partial charge is 0.435 e. The molecule has 1 aromatic heterocycles. The lowest BCUT2D eigenvalue weighted by atomic mass is 10.1. The number of hydrogen-bond acceptors (Lipinski definition) is 6. The van der Waals surface area contributed by atoms with Crippen molar-refractivity contribution >= 4 is 21.3 Å². The minimum atomic E-state index is -4.91. The van der Waals surface area contributed by atoms with E-state index >= 15 is 0 Å². The smallest absolute Gasteiger partial charge is 0.433 e. The molecule has 0 radical (unpaired) electrons. The second kappa shape index (κ2) is 8.77. The van der Waals surface area contributed by atoms with Crippen LogP contribution in [-0.4, -0.2) is 26.6 Å². The number of halogens is 4. The Morgan fingerprint density at radius 2 is 1.79 bits per heavy atom. The van der Waals surface area contributed by atoms with Crippen LogP contribution in [-0.2, 0) is 15.9 Å². The molecule has 0 bridgehead atoms. The molecule has 3 aromatic rings. The highest BCUT2D eigenvalue weighted by Gasteiger charge is 2.38. The second-order valence-electron chi connectivity index (χ2n) is 7.17. The Morgan fingerprint density at radius 1 is 1.12 bits per heavy atom. The predicted molar refractivity (Wildman–Crippen MR) is 112 cm³/mol. The molecule has 1 unspecified atom stereocenters. The van der Waals surface area contributed by atoms with Gasteiger partial charge >= 0.3 is 6.18 Å². The van der Waals surface area contributed by atoms with Gasteiger partial charge in [0.05, 0.1) is 9.73 Å². The van der Waals surface area contributed by atoms with E-state index in [0.29, 0.717) is 5.56 Å². The number of carbonyl (C=O) groups is 1. The van der Waals surface area contributed by atoms with E-state index in [-0.39, 0.29) is 16.3 Å². The number of benzene rings is 2. The molecule has 0 fully saturated rings. The summed E-state index contributed by atoms with van der Waals surface area (Å²) in [5, 5.41) is 8.93. The van der Waals surface area contributed by atoms with Crippen LogP contribution in [0.2, 0.25) is 0 Å². The fourth-order valence-electron chi connectivity index (χ4n) is 2.96. The Bertz CT molecular complexity index is 1320. The molecule has 0 spiro atoms. The molecule has 1 heterocycles. The Labute approximate surface area is 186 Å². The van der Waals surface area contributed by atoms with Crippen molar-refractivity contribution in [3.63, 3.8) is 0 Å². The summed E-state index contributed by atoms with van der Waals surface area (Å²) in [7, 11) is -3.11. The van der Waals surface area contributed by atoms with Crippen LogP contribution in [0.1, 0.15) is 27.2 Å². The Morgan fingerprint density at radius 3 is 2.39 bits per heavy atom. The molecule has 1 amide bonds. The highest BCUT2D eigenvalue weighted by Crippen LogP contribution is 2.36. The third kappa shape index (κ3) is 5.28. The number of para-hydroxylation sites is 1. The monoisotopic (exact) mass is 482 g/mol. The molecule has 1 atom stereocenters. The zero-order valence-electron chi connectivity index (χ0n) is 17.6. The summed E-state index contributed by atoms with van der Waals surface area (Å²) in [6.45, 7) is 2.53. The molecule has 33 heavy (non-hydrogen) atoms. The van der Waals surface area contributed by atoms with E-state index in [2.05, 4.69) is 15.5 Å². The van der Waals surface area contributed by atoms with E-state index < -0.39 is 50.3 Å². The van der Waals surface area contributed by atoms with Crippen LogP contribution >= 0.6 is 0 Å². The fraction of sp³-hybridized carbons (Fsp3) is 0.190. The maximum Gasteiger partial charge on any atom is 0.435 e. The molecule has 0 aliphatic rings. The molecule has 174 valence electrons. The first-order chi connectivity index (χ1) is 15.3. The molecule has 0 saturated carbocycles. The van der Waals surface area contributed by atoms with E-state index in [1.807, 2.05) is 0 Å². The van der Waals surface area contributed by atoms with E-state index in [1.165, 1.54) is 49.6 Å². The van der Waals surface area contributed by atoms with Gasteiger partial charge in [-0.05, 0) is 49.2 Å². The molecule has 0 saturated heterocycles. The molecule has 3 rings (SSSR count). The van der Waals surface area contributed by atoms with Gasteiger partial charge in [-0.3, -0.25) is 4.79 Å². The molecule has 7 nitrogen and oxygen atoms in total. The molecular formula is C21H18F4N4O3S. The summed E-state index contributed by atoms with van der Waals surface area (Å²) in [6, 6.07) is 9.53. The quantitative estimate of drug-likeness (QED) is 0.478. The van der Waals surface area contributed by atoms with Crippen LogP contribution in [0.5, 0.6) is 11.6 Å². The number of amides is 1. The lowest BCUT2D eigenvalue weighted by Gasteiger charge is -2.17. The van der Waals surface area contributed by atoms with Crippen LogP contribution < -0.4 is 10.1 Å². The van der Waals surface area contributed by atoms with Crippen LogP contribution in [0.3, 0.4) is 0 Å². The van der Waals surface area contributed by atoms with Gasteiger partial charge < -0.3 is 10.1 Å². The third-order valence-corrected chi connectivity index (χ3v) is 5.74. The predicted octanol–water partition coefficient (Wildman–Crippen LogP) is 5.33. The SMILES string of the molecule is Cc1cccc(F)c1Oc1nnc(C(F)(F)F)c(C)c1C(=O)Nc1cccc(S(C)(=N)=O)c1. The molecule has 0 aliphatic heterocycles.